The molecule has 2 heterocycles. The summed E-state index contributed by atoms with van der Waals surface area (Å²) in [5.41, 5.74) is 3.10. The molecule has 0 saturated carbocycles. The fraction of sp³-hybridized carbons (Fsp3) is 0.148. The van der Waals surface area contributed by atoms with Crippen LogP contribution in [0.2, 0.25) is 0 Å². The lowest BCUT2D eigenvalue weighted by Crippen LogP contribution is -2.29. The fourth-order valence-electron chi connectivity index (χ4n) is 4.16. The second-order valence-corrected chi connectivity index (χ2v) is 8.97. The van der Waals surface area contributed by atoms with Gasteiger partial charge in [0.05, 0.1) is 28.9 Å². The zero-order valence-electron chi connectivity index (χ0n) is 18.7. The molecular formula is C27H22N2O4S. The van der Waals surface area contributed by atoms with E-state index in [4.69, 9.17) is 4.74 Å². The number of nitrogens with zero attached hydrogens (tertiary/aromatic N) is 2. The largest absolute Gasteiger partial charge is 0.507 e. The van der Waals surface area contributed by atoms with Crippen LogP contribution in [0.15, 0.2) is 78.4 Å². The zero-order chi connectivity index (χ0) is 23.8. The number of ketones is 1. The number of aliphatic hydroxyl groups excluding tert-OH is 1. The molecule has 6 nitrogen and oxygen atoms in total. The highest BCUT2D eigenvalue weighted by Crippen LogP contribution is 2.44. The molecule has 7 heteroatoms. The van der Waals surface area contributed by atoms with Gasteiger partial charge in [-0.2, -0.15) is 0 Å². The molecule has 5 rings (SSSR count). The normalized spacial score (nSPS) is 17.5. The minimum Gasteiger partial charge on any atom is -0.507 e. The van der Waals surface area contributed by atoms with Crippen LogP contribution in [0.25, 0.3) is 16.0 Å². The molecule has 0 bridgehead atoms. The van der Waals surface area contributed by atoms with Gasteiger partial charge in [-0.15, -0.1) is 0 Å². The average Bonchev–Trinajstić information content (AvgIpc) is 3.41. The molecule has 1 saturated heterocycles. The molecule has 1 aliphatic rings. The maximum absolute atomic E-state index is 13.3. The minimum atomic E-state index is -0.822. The van der Waals surface area contributed by atoms with Crippen molar-refractivity contribution in [1.29, 1.82) is 0 Å². The number of fused-ring (bicyclic) bond motifs is 1. The van der Waals surface area contributed by atoms with E-state index >= 15 is 0 Å². The van der Waals surface area contributed by atoms with Crippen LogP contribution in [-0.4, -0.2) is 28.9 Å². The molecular weight excluding hydrogens is 448 g/mol. The molecule has 1 N–H and O–H groups in total. The summed E-state index contributed by atoms with van der Waals surface area (Å²) in [6.07, 6.45) is 0.886. The third-order valence-corrected chi connectivity index (χ3v) is 7.00. The number of ether oxygens (including phenoxy) is 1. The van der Waals surface area contributed by atoms with E-state index in [2.05, 4.69) is 18.0 Å². The number of hydrogen-bond donors (Lipinski definition) is 1. The summed E-state index contributed by atoms with van der Waals surface area (Å²) in [7, 11) is 1.57. The van der Waals surface area contributed by atoms with Crippen LogP contribution in [0.5, 0.6) is 5.75 Å². The van der Waals surface area contributed by atoms with Crippen LogP contribution in [0, 0.1) is 0 Å². The van der Waals surface area contributed by atoms with Gasteiger partial charge < -0.3 is 9.84 Å². The number of carbonyl (C=O) groups excluding carboxylic acids is 2. The Bertz CT molecular complexity index is 1420. The number of Topliss-reactive ketones (excluding diaryl/α,β-unsaturated/α-hetero) is 1. The smallest absolute Gasteiger partial charge is 0.301 e. The minimum absolute atomic E-state index is 0.0369. The molecule has 34 heavy (non-hydrogen) atoms. The number of aromatic nitrogens is 1. The van der Waals surface area contributed by atoms with Gasteiger partial charge in [0.15, 0.2) is 5.13 Å². The summed E-state index contributed by atoms with van der Waals surface area (Å²) in [6, 6.07) is 21.1. The third-order valence-electron chi connectivity index (χ3n) is 5.98. The maximum atomic E-state index is 13.3. The van der Waals surface area contributed by atoms with Crippen molar-refractivity contribution < 1.29 is 19.4 Å². The van der Waals surface area contributed by atoms with Crippen LogP contribution < -0.4 is 9.64 Å². The molecule has 1 fully saturated rings. The van der Waals surface area contributed by atoms with Gasteiger partial charge in [0.2, 0.25) is 0 Å². The highest BCUT2D eigenvalue weighted by molar-refractivity contribution is 7.22. The number of thiazole rings is 1. The first-order chi connectivity index (χ1) is 16.5. The second-order valence-electron chi connectivity index (χ2n) is 7.96. The Morgan fingerprint density at radius 3 is 2.47 bits per heavy atom. The van der Waals surface area contributed by atoms with Gasteiger partial charge in [0.25, 0.3) is 5.78 Å². The first kappa shape index (κ1) is 21.9. The predicted octanol–water partition coefficient (Wildman–Crippen LogP) is 5.49. The number of aryl methyl sites for hydroxylation is 1. The van der Waals surface area contributed by atoms with Crippen molar-refractivity contribution in [3.8, 4) is 5.75 Å². The lowest BCUT2D eigenvalue weighted by atomic mass is 9.95. The van der Waals surface area contributed by atoms with E-state index < -0.39 is 17.7 Å². The lowest BCUT2D eigenvalue weighted by Gasteiger charge is -2.23. The lowest BCUT2D eigenvalue weighted by molar-refractivity contribution is -0.132. The van der Waals surface area contributed by atoms with Gasteiger partial charge >= 0.3 is 5.91 Å². The van der Waals surface area contributed by atoms with Gasteiger partial charge in [0.1, 0.15) is 11.5 Å². The number of anilines is 1. The SMILES string of the molecule is CCc1ccc2nc(N3C(=O)C(=O)C(=C(O)c4ccccc4)[C@H]3c3ccc(OC)cc3)sc2c1. The highest BCUT2D eigenvalue weighted by atomic mass is 32.1. The molecule has 0 aliphatic carbocycles. The van der Waals surface area contributed by atoms with E-state index in [-0.39, 0.29) is 11.3 Å². The van der Waals surface area contributed by atoms with Gasteiger partial charge in [0, 0.05) is 5.56 Å². The summed E-state index contributed by atoms with van der Waals surface area (Å²) < 4.78 is 6.21. The maximum Gasteiger partial charge on any atom is 0.301 e. The Kier molecular flexibility index (Phi) is 5.63. The summed E-state index contributed by atoms with van der Waals surface area (Å²) in [5.74, 6) is -1.02. The van der Waals surface area contributed by atoms with Crippen molar-refractivity contribution in [3.05, 3.63) is 95.1 Å². The Hall–Kier alpha value is -3.97. The Balaban J connectivity index is 1.71. The molecule has 1 aromatic heterocycles. The van der Waals surface area contributed by atoms with Gasteiger partial charge in [-0.3, -0.25) is 14.5 Å². The summed E-state index contributed by atoms with van der Waals surface area (Å²) in [5, 5.41) is 11.6. The third kappa shape index (κ3) is 3.64. The van der Waals surface area contributed by atoms with Crippen LogP contribution in [-0.2, 0) is 16.0 Å². The summed E-state index contributed by atoms with van der Waals surface area (Å²) in [6.45, 7) is 2.08. The van der Waals surface area contributed by atoms with Crippen molar-refractivity contribution in [3.63, 3.8) is 0 Å². The first-order valence-electron chi connectivity index (χ1n) is 10.9. The molecule has 0 spiro atoms. The van der Waals surface area contributed by atoms with Gasteiger partial charge in [-0.25, -0.2) is 4.98 Å². The van der Waals surface area contributed by atoms with Crippen molar-refractivity contribution >= 4 is 44.1 Å². The van der Waals surface area contributed by atoms with Crippen molar-refractivity contribution in [1.82, 2.24) is 4.98 Å². The quantitative estimate of drug-likeness (QED) is 0.237. The van der Waals surface area contributed by atoms with Crippen molar-refractivity contribution in [2.45, 2.75) is 19.4 Å². The molecule has 170 valence electrons. The summed E-state index contributed by atoms with van der Waals surface area (Å²) >= 11 is 1.36. The van der Waals surface area contributed by atoms with Crippen LogP contribution in [0.3, 0.4) is 0 Å². The van der Waals surface area contributed by atoms with Crippen molar-refractivity contribution in [2.24, 2.45) is 0 Å². The Morgan fingerprint density at radius 2 is 1.79 bits per heavy atom. The monoisotopic (exact) mass is 470 g/mol. The second kappa shape index (κ2) is 8.76. The predicted molar refractivity (Wildman–Crippen MR) is 133 cm³/mol. The van der Waals surface area contributed by atoms with Crippen LogP contribution >= 0.6 is 11.3 Å². The Labute approximate surface area is 200 Å². The topological polar surface area (TPSA) is 79.7 Å². The van der Waals surface area contributed by atoms with Crippen LogP contribution in [0.1, 0.15) is 29.7 Å². The highest BCUT2D eigenvalue weighted by Gasteiger charge is 2.48. The number of rotatable bonds is 5. The molecule has 3 aromatic carbocycles. The Morgan fingerprint density at radius 1 is 1.06 bits per heavy atom. The van der Waals surface area contributed by atoms with Gasteiger partial charge in [-0.05, 0) is 41.8 Å². The van der Waals surface area contributed by atoms with Crippen molar-refractivity contribution in [2.75, 3.05) is 12.0 Å². The molecule has 1 amide bonds. The first-order valence-corrected chi connectivity index (χ1v) is 11.7. The number of amides is 1. The zero-order valence-corrected chi connectivity index (χ0v) is 19.5. The standard InChI is InChI=1S/C27H22N2O4S/c1-3-16-9-14-20-21(15-16)34-27(28-20)29-23(17-10-12-19(33-2)13-11-17)22(25(31)26(29)32)24(30)18-7-5-4-6-8-18/h4-15,23,30H,3H2,1-2H3/t23-/m1/s1. The molecule has 1 atom stereocenters. The number of hydrogen-bond acceptors (Lipinski definition) is 6. The average molecular weight is 471 g/mol. The molecule has 4 aromatic rings. The molecule has 1 aliphatic heterocycles. The van der Waals surface area contributed by atoms with Crippen LogP contribution in [0.4, 0.5) is 5.13 Å². The summed E-state index contributed by atoms with van der Waals surface area (Å²) in [4.78, 5) is 32.7. The van der Waals surface area contributed by atoms with E-state index in [1.807, 2.05) is 18.2 Å². The number of aliphatic hydroxyl groups is 1. The van der Waals surface area contributed by atoms with Gasteiger partial charge in [-0.1, -0.05) is 66.8 Å². The number of methoxy groups -OCH3 is 1. The molecule has 0 radical (unpaired) electrons. The fourth-order valence-corrected chi connectivity index (χ4v) is 5.22. The molecule has 0 unspecified atom stereocenters. The number of benzene rings is 3. The van der Waals surface area contributed by atoms with E-state index in [0.717, 1.165) is 16.6 Å². The van der Waals surface area contributed by atoms with E-state index in [1.165, 1.54) is 21.8 Å². The number of carbonyl (C=O) groups is 2. The van der Waals surface area contributed by atoms with E-state index in [1.54, 1.807) is 55.6 Å². The van der Waals surface area contributed by atoms with E-state index in [0.29, 0.717) is 22.0 Å². The van der Waals surface area contributed by atoms with E-state index in [9.17, 15) is 14.7 Å².